The lowest BCUT2D eigenvalue weighted by Crippen LogP contribution is -2.58. The topological polar surface area (TPSA) is 64.6 Å². The van der Waals surface area contributed by atoms with Crippen molar-refractivity contribution in [2.45, 2.75) is 25.4 Å². The Bertz CT molecular complexity index is 740. The van der Waals surface area contributed by atoms with Crippen LogP contribution in [0.15, 0.2) is 48.9 Å². The van der Waals surface area contributed by atoms with Gasteiger partial charge in [-0.3, -0.25) is 9.78 Å². The fourth-order valence-corrected chi connectivity index (χ4v) is 4.00. The maximum Gasteiger partial charge on any atom is 0.253 e. The van der Waals surface area contributed by atoms with Gasteiger partial charge in [-0.15, -0.1) is 0 Å². The maximum absolute atomic E-state index is 12.9. The van der Waals surface area contributed by atoms with E-state index in [9.17, 15) is 4.79 Å². The Balaban J connectivity index is 1.52. The molecule has 4 heterocycles. The second-order valence-electron chi connectivity index (χ2n) is 7.03. The van der Waals surface area contributed by atoms with Crippen LogP contribution in [0.25, 0.3) is 0 Å². The minimum absolute atomic E-state index is 0.0497. The summed E-state index contributed by atoms with van der Waals surface area (Å²) in [5.41, 5.74) is 0.493. The molecule has 2 aromatic heterocycles. The number of pyridine rings is 2. The molecule has 6 nitrogen and oxygen atoms in total. The van der Waals surface area contributed by atoms with Crippen molar-refractivity contribution in [1.29, 1.82) is 0 Å². The Labute approximate surface area is 153 Å². The first-order valence-electron chi connectivity index (χ1n) is 9.12. The molecule has 6 heteroatoms. The molecule has 2 atom stereocenters. The second kappa shape index (κ2) is 7.41. The van der Waals surface area contributed by atoms with E-state index in [1.165, 1.54) is 0 Å². The number of aromatic nitrogens is 2. The van der Waals surface area contributed by atoms with Crippen molar-refractivity contribution < 1.29 is 14.3 Å². The van der Waals surface area contributed by atoms with E-state index < -0.39 is 0 Å². The molecule has 4 rings (SSSR count). The summed E-state index contributed by atoms with van der Waals surface area (Å²) in [6, 6.07) is 9.17. The van der Waals surface area contributed by atoms with Crippen molar-refractivity contribution in [3.05, 3.63) is 54.5 Å². The summed E-state index contributed by atoms with van der Waals surface area (Å²) in [5, 5.41) is 0. The van der Waals surface area contributed by atoms with Crippen LogP contribution in [0.3, 0.4) is 0 Å². The van der Waals surface area contributed by atoms with Gasteiger partial charge >= 0.3 is 0 Å². The minimum atomic E-state index is -0.184. The molecular weight excluding hydrogens is 330 g/mol. The first kappa shape index (κ1) is 17.0. The van der Waals surface area contributed by atoms with Crippen LogP contribution in [0.2, 0.25) is 0 Å². The number of fused-ring (bicyclic) bond motifs is 1. The van der Waals surface area contributed by atoms with Crippen molar-refractivity contribution in [3.8, 4) is 5.88 Å². The first-order chi connectivity index (χ1) is 12.8. The van der Waals surface area contributed by atoms with Crippen LogP contribution < -0.4 is 4.74 Å². The summed E-state index contributed by atoms with van der Waals surface area (Å²) in [4.78, 5) is 23.1. The SMILES string of the molecule is O=C(c1ccncc1)N1CC[C@H]2OCCC[C@]2(COc2ccccn2)C1. The molecule has 0 unspecified atom stereocenters. The van der Waals surface area contributed by atoms with Gasteiger partial charge in [0.2, 0.25) is 5.88 Å². The average molecular weight is 353 g/mol. The molecular formula is C20H23N3O3. The van der Waals surface area contributed by atoms with Gasteiger partial charge in [-0.1, -0.05) is 6.07 Å². The Kier molecular flexibility index (Phi) is 4.84. The van der Waals surface area contributed by atoms with Crippen LogP contribution >= 0.6 is 0 Å². The zero-order chi connectivity index (χ0) is 17.8. The highest BCUT2D eigenvalue weighted by Gasteiger charge is 2.47. The van der Waals surface area contributed by atoms with E-state index in [1.54, 1.807) is 30.7 Å². The van der Waals surface area contributed by atoms with Crippen molar-refractivity contribution in [2.24, 2.45) is 5.41 Å². The number of nitrogens with zero attached hydrogens (tertiary/aromatic N) is 3. The van der Waals surface area contributed by atoms with E-state index in [4.69, 9.17) is 9.47 Å². The van der Waals surface area contributed by atoms with Crippen LogP contribution in [0.1, 0.15) is 29.6 Å². The standard InChI is InChI=1S/C20H23N3O3/c24-19(16-5-10-21-11-6-16)23-12-7-17-20(14-23,8-3-13-25-17)15-26-18-4-1-2-9-22-18/h1-2,4-6,9-11,17H,3,7-8,12-15H2/t17-,20-/m1/s1. The molecule has 2 aliphatic heterocycles. The molecule has 0 bridgehead atoms. The number of carbonyl (C=O) groups excluding carboxylic acids is 1. The molecule has 0 aliphatic carbocycles. The highest BCUT2D eigenvalue weighted by Crippen LogP contribution is 2.40. The monoisotopic (exact) mass is 353 g/mol. The third-order valence-corrected chi connectivity index (χ3v) is 5.35. The van der Waals surface area contributed by atoms with Gasteiger partial charge in [0.25, 0.3) is 5.91 Å². The first-order valence-corrected chi connectivity index (χ1v) is 9.12. The van der Waals surface area contributed by atoms with Gasteiger partial charge in [0.15, 0.2) is 0 Å². The number of ether oxygens (including phenoxy) is 2. The molecule has 2 aromatic rings. The predicted molar refractivity (Wildman–Crippen MR) is 95.9 cm³/mol. The Morgan fingerprint density at radius 3 is 2.96 bits per heavy atom. The molecule has 2 fully saturated rings. The van der Waals surface area contributed by atoms with Gasteiger partial charge in [-0.2, -0.15) is 0 Å². The molecule has 136 valence electrons. The van der Waals surface area contributed by atoms with Gasteiger partial charge in [0, 0.05) is 55.3 Å². The van der Waals surface area contributed by atoms with Crippen LogP contribution in [-0.4, -0.2) is 53.2 Å². The van der Waals surface area contributed by atoms with Crippen molar-refractivity contribution in [3.63, 3.8) is 0 Å². The maximum atomic E-state index is 12.9. The van der Waals surface area contributed by atoms with Crippen molar-refractivity contribution in [2.75, 3.05) is 26.3 Å². The lowest BCUT2D eigenvalue weighted by atomic mass is 9.73. The lowest BCUT2D eigenvalue weighted by molar-refractivity contribution is -0.133. The third kappa shape index (κ3) is 3.42. The highest BCUT2D eigenvalue weighted by molar-refractivity contribution is 5.94. The van der Waals surface area contributed by atoms with Crippen LogP contribution in [0.4, 0.5) is 0 Å². The smallest absolute Gasteiger partial charge is 0.253 e. The van der Waals surface area contributed by atoms with E-state index in [0.29, 0.717) is 31.1 Å². The molecule has 0 radical (unpaired) electrons. The molecule has 2 aliphatic rings. The number of likely N-dealkylation sites (tertiary alicyclic amines) is 1. The highest BCUT2D eigenvalue weighted by atomic mass is 16.5. The van der Waals surface area contributed by atoms with Gasteiger partial charge < -0.3 is 14.4 Å². The Hall–Kier alpha value is -2.47. The summed E-state index contributed by atoms with van der Waals surface area (Å²) in [6.07, 6.45) is 7.98. The van der Waals surface area contributed by atoms with Gasteiger partial charge in [0.1, 0.15) is 0 Å². The van der Waals surface area contributed by atoms with Crippen molar-refractivity contribution in [1.82, 2.24) is 14.9 Å². The van der Waals surface area contributed by atoms with Gasteiger partial charge in [-0.25, -0.2) is 4.98 Å². The van der Waals surface area contributed by atoms with E-state index >= 15 is 0 Å². The minimum Gasteiger partial charge on any atom is -0.477 e. The number of piperidine rings is 1. The second-order valence-corrected chi connectivity index (χ2v) is 7.03. The summed E-state index contributed by atoms with van der Waals surface area (Å²) >= 11 is 0. The number of amides is 1. The van der Waals surface area contributed by atoms with E-state index in [-0.39, 0.29) is 17.4 Å². The molecule has 0 spiro atoms. The fraction of sp³-hybridized carbons (Fsp3) is 0.450. The molecule has 0 aromatic carbocycles. The Morgan fingerprint density at radius 1 is 1.27 bits per heavy atom. The molecule has 0 saturated carbocycles. The number of hydrogen-bond acceptors (Lipinski definition) is 5. The van der Waals surface area contributed by atoms with Gasteiger partial charge in [0.05, 0.1) is 12.7 Å². The zero-order valence-electron chi connectivity index (χ0n) is 14.7. The molecule has 0 N–H and O–H groups in total. The summed E-state index contributed by atoms with van der Waals surface area (Å²) in [5.74, 6) is 0.664. The average Bonchev–Trinajstić information content (AvgIpc) is 2.73. The molecule has 1 amide bonds. The van der Waals surface area contributed by atoms with E-state index in [2.05, 4.69) is 9.97 Å². The van der Waals surface area contributed by atoms with Gasteiger partial charge in [-0.05, 0) is 37.5 Å². The quantitative estimate of drug-likeness (QED) is 0.845. The fourth-order valence-electron chi connectivity index (χ4n) is 4.00. The summed E-state index contributed by atoms with van der Waals surface area (Å²) < 4.78 is 12.1. The van der Waals surface area contributed by atoms with Crippen LogP contribution in [-0.2, 0) is 4.74 Å². The predicted octanol–water partition coefficient (Wildman–Crippen LogP) is 2.57. The summed E-state index contributed by atoms with van der Waals surface area (Å²) in [7, 11) is 0. The molecule has 2 saturated heterocycles. The number of carbonyl (C=O) groups is 1. The van der Waals surface area contributed by atoms with Crippen LogP contribution in [0.5, 0.6) is 5.88 Å². The molecule has 26 heavy (non-hydrogen) atoms. The zero-order valence-corrected chi connectivity index (χ0v) is 14.7. The van der Waals surface area contributed by atoms with Crippen molar-refractivity contribution >= 4 is 5.91 Å². The largest absolute Gasteiger partial charge is 0.477 e. The van der Waals surface area contributed by atoms with E-state index in [1.807, 2.05) is 23.1 Å². The van der Waals surface area contributed by atoms with E-state index in [0.717, 1.165) is 25.9 Å². The van der Waals surface area contributed by atoms with Crippen LogP contribution in [0, 0.1) is 5.41 Å². The normalized spacial score (nSPS) is 25.4. The third-order valence-electron chi connectivity index (χ3n) is 5.35. The number of rotatable bonds is 4. The number of hydrogen-bond donors (Lipinski definition) is 0. The summed E-state index contributed by atoms with van der Waals surface area (Å²) in [6.45, 7) is 2.64. The Morgan fingerprint density at radius 2 is 2.15 bits per heavy atom. The lowest BCUT2D eigenvalue weighted by Gasteiger charge is -2.50.